The lowest BCUT2D eigenvalue weighted by molar-refractivity contribution is -0.114. The van der Waals surface area contributed by atoms with Gasteiger partial charge in [0.25, 0.3) is 0 Å². The Kier molecular flexibility index (Phi) is 2.67. The zero-order valence-corrected chi connectivity index (χ0v) is 10.4. The lowest BCUT2D eigenvalue weighted by atomic mass is 10.3. The Hall–Kier alpha value is -2.02. The van der Waals surface area contributed by atoms with Crippen molar-refractivity contribution in [2.24, 2.45) is 0 Å². The molecule has 0 amide bonds. The topological polar surface area (TPSA) is 73.0 Å². The number of ketones is 1. The maximum atomic E-state index is 11.0. The van der Waals surface area contributed by atoms with E-state index in [9.17, 15) is 4.79 Å². The number of nitrogens with zero attached hydrogens (tertiary/aromatic N) is 5. The molecule has 0 saturated heterocycles. The minimum atomic E-state index is 0.0978. The summed E-state index contributed by atoms with van der Waals surface area (Å²) < 4.78 is 1.64. The number of para-hydroxylation sites is 2. The van der Waals surface area contributed by atoms with Crippen LogP contribution in [0.4, 0.5) is 0 Å². The fraction of sp³-hybridized carbons (Fsp3) is 0.182. The first-order valence-corrected chi connectivity index (χ1v) is 6.33. The molecule has 0 N–H and O–H groups in total. The molecule has 0 bridgehead atoms. The molecule has 2 aromatic heterocycles. The van der Waals surface area contributed by atoms with Gasteiger partial charge in [-0.05, 0) is 29.5 Å². The molecule has 0 atom stereocenters. The molecule has 0 aliphatic heterocycles. The summed E-state index contributed by atoms with van der Waals surface area (Å²) in [6.45, 7) is 1.55. The third kappa shape index (κ3) is 1.82. The number of hydrogen-bond donors (Lipinski definition) is 0. The molecule has 0 saturated carbocycles. The highest BCUT2D eigenvalue weighted by molar-refractivity contribution is 8.00. The molecule has 7 heteroatoms. The third-order valence-electron chi connectivity index (χ3n) is 2.40. The van der Waals surface area contributed by atoms with Gasteiger partial charge in [-0.25, -0.2) is 4.98 Å². The van der Waals surface area contributed by atoms with Crippen LogP contribution < -0.4 is 0 Å². The summed E-state index contributed by atoms with van der Waals surface area (Å²) in [5.41, 5.74) is 2.24. The number of fused-ring (bicyclic) bond motifs is 3. The van der Waals surface area contributed by atoms with E-state index in [4.69, 9.17) is 0 Å². The van der Waals surface area contributed by atoms with Crippen molar-refractivity contribution in [1.82, 2.24) is 25.0 Å². The molecular formula is C11H9N5OS. The lowest BCUT2D eigenvalue weighted by Gasteiger charge is -2.03. The summed E-state index contributed by atoms with van der Waals surface area (Å²) in [5, 5.41) is 12.2. The Labute approximate surface area is 106 Å². The SMILES string of the molecule is CC(=O)CSc1nc2ccccc2n2nnnc12. The van der Waals surface area contributed by atoms with Crippen LogP contribution in [0.25, 0.3) is 16.7 Å². The minimum absolute atomic E-state index is 0.0978. The predicted octanol–water partition coefficient (Wildman–Crippen LogP) is 1.35. The Morgan fingerprint density at radius 2 is 2.22 bits per heavy atom. The molecule has 1 aromatic carbocycles. The van der Waals surface area contributed by atoms with Gasteiger partial charge in [0.1, 0.15) is 10.8 Å². The fourth-order valence-corrected chi connectivity index (χ4v) is 2.41. The molecular weight excluding hydrogens is 250 g/mol. The quantitative estimate of drug-likeness (QED) is 0.661. The number of carbonyl (C=O) groups excluding carboxylic acids is 1. The summed E-state index contributed by atoms with van der Waals surface area (Å²) in [5.74, 6) is 0.467. The van der Waals surface area contributed by atoms with Crippen LogP contribution in [0.5, 0.6) is 0 Å². The van der Waals surface area contributed by atoms with Crippen LogP contribution in [0.2, 0.25) is 0 Å². The molecule has 0 spiro atoms. The van der Waals surface area contributed by atoms with Crippen LogP contribution in [0.3, 0.4) is 0 Å². The van der Waals surface area contributed by atoms with E-state index in [0.29, 0.717) is 16.4 Å². The summed E-state index contributed by atoms with van der Waals surface area (Å²) in [4.78, 5) is 15.5. The molecule has 3 aromatic rings. The average molecular weight is 259 g/mol. The number of thioether (sulfide) groups is 1. The van der Waals surface area contributed by atoms with E-state index in [1.807, 2.05) is 24.3 Å². The van der Waals surface area contributed by atoms with Gasteiger partial charge >= 0.3 is 0 Å². The number of hydrogen-bond acceptors (Lipinski definition) is 6. The number of rotatable bonds is 3. The van der Waals surface area contributed by atoms with Gasteiger partial charge in [-0.1, -0.05) is 23.9 Å². The van der Waals surface area contributed by atoms with E-state index in [2.05, 4.69) is 20.5 Å². The van der Waals surface area contributed by atoms with E-state index in [1.165, 1.54) is 11.8 Å². The normalized spacial score (nSPS) is 11.2. The van der Waals surface area contributed by atoms with Gasteiger partial charge < -0.3 is 0 Å². The Balaban J connectivity index is 2.22. The van der Waals surface area contributed by atoms with Crippen LogP contribution in [0, 0.1) is 0 Å². The van der Waals surface area contributed by atoms with Gasteiger partial charge in [0.15, 0.2) is 0 Å². The average Bonchev–Trinajstić information content (AvgIpc) is 2.85. The van der Waals surface area contributed by atoms with Crippen molar-refractivity contribution in [2.45, 2.75) is 11.9 Å². The van der Waals surface area contributed by atoms with Crippen LogP contribution in [0.15, 0.2) is 29.3 Å². The van der Waals surface area contributed by atoms with Crippen molar-refractivity contribution in [3.63, 3.8) is 0 Å². The standard InChI is InChI=1S/C11H9N5OS/c1-7(17)6-18-11-10-13-14-15-16(10)9-5-3-2-4-8(9)12-11/h2-5H,6H2,1H3. The summed E-state index contributed by atoms with van der Waals surface area (Å²) in [7, 11) is 0. The molecule has 2 heterocycles. The predicted molar refractivity (Wildman–Crippen MR) is 67.5 cm³/mol. The van der Waals surface area contributed by atoms with Crippen LogP contribution >= 0.6 is 11.8 Å². The van der Waals surface area contributed by atoms with Crippen LogP contribution in [-0.4, -0.2) is 36.6 Å². The Morgan fingerprint density at radius 3 is 3.06 bits per heavy atom. The number of benzene rings is 1. The first-order chi connectivity index (χ1) is 8.75. The highest BCUT2D eigenvalue weighted by Gasteiger charge is 2.12. The van der Waals surface area contributed by atoms with Gasteiger partial charge in [-0.2, -0.15) is 4.52 Å². The first-order valence-electron chi connectivity index (χ1n) is 5.35. The fourth-order valence-electron chi connectivity index (χ4n) is 1.65. The first kappa shape index (κ1) is 11.1. The van der Waals surface area contributed by atoms with E-state index < -0.39 is 0 Å². The number of Topliss-reactive ketones (excluding diaryl/α,β-unsaturated/α-hetero) is 1. The molecule has 90 valence electrons. The number of carbonyl (C=O) groups is 1. The molecule has 6 nitrogen and oxygen atoms in total. The van der Waals surface area contributed by atoms with Crippen LogP contribution in [-0.2, 0) is 4.79 Å². The van der Waals surface area contributed by atoms with E-state index >= 15 is 0 Å². The third-order valence-corrected chi connectivity index (χ3v) is 3.50. The van der Waals surface area contributed by atoms with Gasteiger partial charge in [-0.15, -0.1) is 5.10 Å². The lowest BCUT2D eigenvalue weighted by Crippen LogP contribution is -1.99. The van der Waals surface area contributed by atoms with Crippen LogP contribution in [0.1, 0.15) is 6.92 Å². The molecule has 0 aliphatic carbocycles. The second-order valence-electron chi connectivity index (χ2n) is 3.81. The maximum Gasteiger partial charge on any atom is 0.212 e. The highest BCUT2D eigenvalue weighted by Crippen LogP contribution is 2.23. The largest absolute Gasteiger partial charge is 0.299 e. The Morgan fingerprint density at radius 1 is 1.39 bits per heavy atom. The van der Waals surface area contributed by atoms with E-state index in [-0.39, 0.29) is 5.78 Å². The van der Waals surface area contributed by atoms with Gasteiger partial charge in [0.2, 0.25) is 5.65 Å². The Bertz CT molecular complexity index is 738. The molecule has 0 radical (unpaired) electrons. The second-order valence-corrected chi connectivity index (χ2v) is 4.77. The number of aromatic nitrogens is 5. The van der Waals surface area contributed by atoms with E-state index in [1.54, 1.807) is 11.4 Å². The smallest absolute Gasteiger partial charge is 0.212 e. The molecule has 0 aliphatic rings. The van der Waals surface area contributed by atoms with Crippen molar-refractivity contribution in [1.29, 1.82) is 0 Å². The van der Waals surface area contributed by atoms with Crippen molar-refractivity contribution in [3.05, 3.63) is 24.3 Å². The van der Waals surface area contributed by atoms with Crippen molar-refractivity contribution < 1.29 is 4.79 Å². The van der Waals surface area contributed by atoms with E-state index in [0.717, 1.165) is 11.0 Å². The monoisotopic (exact) mass is 259 g/mol. The van der Waals surface area contributed by atoms with Gasteiger partial charge in [0.05, 0.1) is 16.8 Å². The maximum absolute atomic E-state index is 11.0. The second kappa shape index (κ2) is 4.34. The molecule has 3 rings (SSSR count). The molecule has 0 unspecified atom stereocenters. The zero-order valence-electron chi connectivity index (χ0n) is 9.57. The van der Waals surface area contributed by atoms with Crippen molar-refractivity contribution >= 4 is 34.2 Å². The van der Waals surface area contributed by atoms with Crippen molar-refractivity contribution in [2.75, 3.05) is 5.75 Å². The zero-order chi connectivity index (χ0) is 12.5. The minimum Gasteiger partial charge on any atom is -0.299 e. The number of tetrazole rings is 1. The highest BCUT2D eigenvalue weighted by atomic mass is 32.2. The summed E-state index contributed by atoms with van der Waals surface area (Å²) in [6.07, 6.45) is 0. The van der Waals surface area contributed by atoms with Gasteiger partial charge in [-0.3, -0.25) is 4.79 Å². The summed E-state index contributed by atoms with van der Waals surface area (Å²) >= 11 is 1.35. The molecule has 18 heavy (non-hydrogen) atoms. The van der Waals surface area contributed by atoms with Gasteiger partial charge in [0, 0.05) is 0 Å². The summed E-state index contributed by atoms with van der Waals surface area (Å²) in [6, 6.07) is 7.62. The van der Waals surface area contributed by atoms with Crippen molar-refractivity contribution in [3.8, 4) is 0 Å². The molecule has 0 fully saturated rings.